The fraction of sp³-hybridized carbons (Fsp3) is 0.294. The summed E-state index contributed by atoms with van der Waals surface area (Å²) < 4.78 is 5.45. The minimum Gasteiger partial charge on any atom is -0.496 e. The summed E-state index contributed by atoms with van der Waals surface area (Å²) in [6.45, 7) is 2.22. The molecule has 1 aliphatic rings. The van der Waals surface area contributed by atoms with E-state index in [2.05, 4.69) is 41.7 Å². The fourth-order valence-electron chi connectivity index (χ4n) is 2.78. The number of hydrogen-bond acceptors (Lipinski definition) is 2. The Bertz CT molecular complexity index is 559. The maximum absolute atomic E-state index is 5.45. The molecular weight excluding hydrogens is 234 g/mol. The molecule has 98 valence electrons. The molecule has 1 fully saturated rings. The van der Waals surface area contributed by atoms with Crippen molar-refractivity contribution in [1.82, 2.24) is 5.32 Å². The van der Waals surface area contributed by atoms with Gasteiger partial charge in [-0.05, 0) is 36.1 Å². The molecule has 1 aliphatic heterocycles. The first kappa shape index (κ1) is 12.2. The predicted molar refractivity (Wildman–Crippen MR) is 78.7 cm³/mol. The van der Waals surface area contributed by atoms with Gasteiger partial charge in [0, 0.05) is 12.1 Å². The van der Waals surface area contributed by atoms with Gasteiger partial charge in [0.15, 0.2) is 0 Å². The van der Waals surface area contributed by atoms with E-state index in [0.717, 1.165) is 24.4 Å². The highest BCUT2D eigenvalue weighted by Crippen LogP contribution is 2.32. The van der Waals surface area contributed by atoms with Crippen molar-refractivity contribution in [2.45, 2.75) is 12.3 Å². The molecule has 2 aromatic rings. The monoisotopic (exact) mass is 253 g/mol. The molecule has 0 aromatic heterocycles. The van der Waals surface area contributed by atoms with Crippen molar-refractivity contribution in [3.8, 4) is 16.9 Å². The summed E-state index contributed by atoms with van der Waals surface area (Å²) in [7, 11) is 1.73. The molecule has 0 radical (unpaired) electrons. The van der Waals surface area contributed by atoms with Gasteiger partial charge < -0.3 is 10.1 Å². The van der Waals surface area contributed by atoms with Gasteiger partial charge in [0.2, 0.25) is 0 Å². The molecule has 1 unspecified atom stereocenters. The number of nitrogens with one attached hydrogen (secondary N) is 1. The SMILES string of the molecule is COc1ccccc1-c1cccc(C2CCNC2)c1. The van der Waals surface area contributed by atoms with Crippen molar-refractivity contribution in [2.75, 3.05) is 20.2 Å². The van der Waals surface area contributed by atoms with Crippen LogP contribution in [0.4, 0.5) is 0 Å². The third-order valence-corrected chi connectivity index (χ3v) is 3.84. The Morgan fingerprint density at radius 2 is 2.00 bits per heavy atom. The van der Waals surface area contributed by atoms with Crippen LogP contribution in [0, 0.1) is 0 Å². The van der Waals surface area contributed by atoms with Gasteiger partial charge in [-0.2, -0.15) is 0 Å². The number of methoxy groups -OCH3 is 1. The normalized spacial score (nSPS) is 18.5. The number of para-hydroxylation sites is 1. The molecule has 2 nitrogen and oxygen atoms in total. The quantitative estimate of drug-likeness (QED) is 0.904. The summed E-state index contributed by atoms with van der Waals surface area (Å²) in [4.78, 5) is 0. The standard InChI is InChI=1S/C17H19NO/c1-19-17-8-3-2-7-16(17)14-6-4-5-13(11-14)15-9-10-18-12-15/h2-8,11,15,18H,9-10,12H2,1H3. The van der Waals surface area contributed by atoms with Crippen LogP contribution in [0.25, 0.3) is 11.1 Å². The molecular formula is C17H19NO. The molecule has 1 N–H and O–H groups in total. The molecule has 1 heterocycles. The van der Waals surface area contributed by atoms with Gasteiger partial charge in [-0.25, -0.2) is 0 Å². The van der Waals surface area contributed by atoms with Gasteiger partial charge in [0.25, 0.3) is 0 Å². The molecule has 0 bridgehead atoms. The van der Waals surface area contributed by atoms with Crippen LogP contribution in [0.15, 0.2) is 48.5 Å². The van der Waals surface area contributed by atoms with E-state index in [1.807, 2.05) is 12.1 Å². The van der Waals surface area contributed by atoms with Crippen LogP contribution in [0.5, 0.6) is 5.75 Å². The van der Waals surface area contributed by atoms with E-state index in [1.54, 1.807) is 7.11 Å². The average Bonchev–Trinajstić information content (AvgIpc) is 3.01. The second kappa shape index (κ2) is 5.45. The first-order valence-electron chi connectivity index (χ1n) is 6.82. The van der Waals surface area contributed by atoms with E-state index in [4.69, 9.17) is 4.74 Å². The van der Waals surface area contributed by atoms with Gasteiger partial charge in [0.05, 0.1) is 7.11 Å². The first-order chi connectivity index (χ1) is 9.38. The minimum absolute atomic E-state index is 0.648. The third kappa shape index (κ3) is 2.49. The Kier molecular flexibility index (Phi) is 3.51. The Morgan fingerprint density at radius 3 is 2.79 bits per heavy atom. The number of rotatable bonds is 3. The summed E-state index contributed by atoms with van der Waals surface area (Å²) >= 11 is 0. The Labute approximate surface area is 114 Å². The van der Waals surface area contributed by atoms with E-state index in [9.17, 15) is 0 Å². The number of hydrogen-bond donors (Lipinski definition) is 1. The summed E-state index contributed by atoms with van der Waals surface area (Å²) in [6.07, 6.45) is 1.23. The van der Waals surface area contributed by atoms with Gasteiger partial charge in [-0.1, -0.05) is 42.5 Å². The molecule has 3 rings (SSSR count). The average molecular weight is 253 g/mol. The summed E-state index contributed by atoms with van der Waals surface area (Å²) in [5.41, 5.74) is 3.83. The minimum atomic E-state index is 0.648. The smallest absolute Gasteiger partial charge is 0.126 e. The zero-order valence-corrected chi connectivity index (χ0v) is 11.2. The Morgan fingerprint density at radius 1 is 1.11 bits per heavy atom. The highest BCUT2D eigenvalue weighted by Gasteiger charge is 2.17. The summed E-state index contributed by atoms with van der Waals surface area (Å²) in [5.74, 6) is 1.58. The fourth-order valence-corrected chi connectivity index (χ4v) is 2.78. The summed E-state index contributed by atoms with van der Waals surface area (Å²) in [6, 6.07) is 17.0. The highest BCUT2D eigenvalue weighted by molar-refractivity contribution is 5.71. The third-order valence-electron chi connectivity index (χ3n) is 3.84. The van der Waals surface area contributed by atoms with Crippen LogP contribution in [0.1, 0.15) is 17.9 Å². The topological polar surface area (TPSA) is 21.3 Å². The van der Waals surface area contributed by atoms with Crippen molar-refractivity contribution in [1.29, 1.82) is 0 Å². The maximum atomic E-state index is 5.45. The van der Waals surface area contributed by atoms with Crippen molar-refractivity contribution < 1.29 is 4.74 Å². The molecule has 0 amide bonds. The van der Waals surface area contributed by atoms with E-state index in [1.165, 1.54) is 17.5 Å². The van der Waals surface area contributed by atoms with Crippen LogP contribution in [0.3, 0.4) is 0 Å². The summed E-state index contributed by atoms with van der Waals surface area (Å²) in [5, 5.41) is 3.43. The lowest BCUT2D eigenvalue weighted by Gasteiger charge is -2.12. The number of benzene rings is 2. The van der Waals surface area contributed by atoms with Gasteiger partial charge in [0.1, 0.15) is 5.75 Å². The van der Waals surface area contributed by atoms with E-state index in [0.29, 0.717) is 5.92 Å². The second-order valence-corrected chi connectivity index (χ2v) is 5.02. The van der Waals surface area contributed by atoms with E-state index in [-0.39, 0.29) is 0 Å². The van der Waals surface area contributed by atoms with Crippen LogP contribution < -0.4 is 10.1 Å². The van der Waals surface area contributed by atoms with Crippen LogP contribution in [-0.2, 0) is 0 Å². The number of ether oxygens (including phenoxy) is 1. The van der Waals surface area contributed by atoms with Gasteiger partial charge >= 0.3 is 0 Å². The Balaban J connectivity index is 1.98. The van der Waals surface area contributed by atoms with E-state index >= 15 is 0 Å². The lowest BCUT2D eigenvalue weighted by Crippen LogP contribution is -2.07. The maximum Gasteiger partial charge on any atom is 0.126 e. The molecule has 19 heavy (non-hydrogen) atoms. The first-order valence-corrected chi connectivity index (χ1v) is 6.82. The van der Waals surface area contributed by atoms with Crippen molar-refractivity contribution in [2.24, 2.45) is 0 Å². The molecule has 1 saturated heterocycles. The van der Waals surface area contributed by atoms with Crippen molar-refractivity contribution >= 4 is 0 Å². The van der Waals surface area contributed by atoms with Crippen LogP contribution >= 0.6 is 0 Å². The molecule has 0 spiro atoms. The van der Waals surface area contributed by atoms with E-state index < -0.39 is 0 Å². The molecule has 2 heteroatoms. The zero-order valence-electron chi connectivity index (χ0n) is 11.2. The van der Waals surface area contributed by atoms with Crippen LogP contribution in [0.2, 0.25) is 0 Å². The van der Waals surface area contributed by atoms with Crippen molar-refractivity contribution in [3.63, 3.8) is 0 Å². The van der Waals surface area contributed by atoms with Crippen LogP contribution in [-0.4, -0.2) is 20.2 Å². The zero-order chi connectivity index (χ0) is 13.1. The molecule has 1 atom stereocenters. The lowest BCUT2D eigenvalue weighted by molar-refractivity contribution is 0.416. The highest BCUT2D eigenvalue weighted by atomic mass is 16.5. The largest absolute Gasteiger partial charge is 0.496 e. The van der Waals surface area contributed by atoms with Crippen molar-refractivity contribution in [3.05, 3.63) is 54.1 Å². The molecule has 0 saturated carbocycles. The molecule has 2 aromatic carbocycles. The lowest BCUT2D eigenvalue weighted by atomic mass is 9.94. The van der Waals surface area contributed by atoms with Gasteiger partial charge in [-0.15, -0.1) is 0 Å². The van der Waals surface area contributed by atoms with Gasteiger partial charge in [-0.3, -0.25) is 0 Å². The predicted octanol–water partition coefficient (Wildman–Crippen LogP) is 3.44. The molecule has 0 aliphatic carbocycles. The second-order valence-electron chi connectivity index (χ2n) is 5.02. The Hall–Kier alpha value is -1.80.